The van der Waals surface area contributed by atoms with Gasteiger partial charge in [-0.3, -0.25) is 0 Å². The Kier molecular flexibility index (Phi) is 3.97. The molecule has 0 radical (unpaired) electrons. The van der Waals surface area contributed by atoms with Gasteiger partial charge in [0.05, 0.1) is 18.5 Å². The van der Waals surface area contributed by atoms with E-state index in [0.717, 1.165) is 27.7 Å². The van der Waals surface area contributed by atoms with Gasteiger partial charge in [-0.05, 0) is 36.6 Å². The van der Waals surface area contributed by atoms with Crippen molar-refractivity contribution in [3.05, 3.63) is 60.7 Å². The topological polar surface area (TPSA) is 27.1 Å². The highest BCUT2D eigenvalue weighted by molar-refractivity contribution is 7.98. The maximum absolute atomic E-state index is 5.20. The van der Waals surface area contributed by atoms with Crippen molar-refractivity contribution >= 4 is 11.8 Å². The molecule has 0 spiro atoms. The van der Waals surface area contributed by atoms with Crippen LogP contribution in [0.2, 0.25) is 0 Å². The van der Waals surface area contributed by atoms with Crippen LogP contribution in [0.1, 0.15) is 0 Å². The number of rotatable bonds is 4. The maximum atomic E-state index is 5.20. The van der Waals surface area contributed by atoms with Crippen molar-refractivity contribution in [1.82, 2.24) is 9.78 Å². The summed E-state index contributed by atoms with van der Waals surface area (Å²) >= 11 is 1.68. The van der Waals surface area contributed by atoms with E-state index in [9.17, 15) is 0 Å². The molecule has 4 heteroatoms. The van der Waals surface area contributed by atoms with Crippen molar-refractivity contribution in [2.24, 2.45) is 0 Å². The average molecular weight is 296 g/mol. The Balaban J connectivity index is 2.03. The zero-order valence-electron chi connectivity index (χ0n) is 12.0. The van der Waals surface area contributed by atoms with E-state index in [1.54, 1.807) is 18.9 Å². The minimum absolute atomic E-state index is 0.847. The first-order chi connectivity index (χ1) is 10.3. The van der Waals surface area contributed by atoms with Gasteiger partial charge < -0.3 is 4.74 Å². The van der Waals surface area contributed by atoms with Gasteiger partial charge in [-0.25, -0.2) is 4.68 Å². The molecular formula is C17H16N2OS. The fraction of sp³-hybridized carbons (Fsp3) is 0.118. The number of benzene rings is 2. The molecular weight excluding hydrogens is 280 g/mol. The van der Waals surface area contributed by atoms with Gasteiger partial charge in [0.15, 0.2) is 0 Å². The van der Waals surface area contributed by atoms with Gasteiger partial charge >= 0.3 is 0 Å². The van der Waals surface area contributed by atoms with Crippen LogP contribution in [-0.2, 0) is 0 Å². The van der Waals surface area contributed by atoms with Gasteiger partial charge in [-0.2, -0.15) is 5.10 Å². The molecule has 0 saturated carbocycles. The molecule has 0 unspecified atom stereocenters. The molecule has 0 aliphatic heterocycles. The molecule has 3 nitrogen and oxygen atoms in total. The van der Waals surface area contributed by atoms with Crippen LogP contribution in [0.15, 0.2) is 65.7 Å². The third-order valence-corrected chi connectivity index (χ3v) is 3.98. The smallest absolute Gasteiger partial charge is 0.119 e. The molecule has 0 atom stereocenters. The Hall–Kier alpha value is -2.20. The van der Waals surface area contributed by atoms with Gasteiger partial charge in [0.2, 0.25) is 0 Å². The number of thioether (sulfide) groups is 1. The van der Waals surface area contributed by atoms with E-state index in [1.807, 2.05) is 47.1 Å². The number of ether oxygens (including phenoxy) is 1. The molecule has 0 aliphatic rings. The average Bonchev–Trinajstić information content (AvgIpc) is 3.00. The normalized spacial score (nSPS) is 10.6. The lowest BCUT2D eigenvalue weighted by molar-refractivity contribution is 0.414. The molecule has 0 bridgehead atoms. The molecule has 0 amide bonds. The summed E-state index contributed by atoms with van der Waals surface area (Å²) in [7, 11) is 1.67. The van der Waals surface area contributed by atoms with Crippen LogP contribution in [0.4, 0.5) is 0 Å². The Morgan fingerprint density at radius 3 is 2.33 bits per heavy atom. The quantitative estimate of drug-likeness (QED) is 0.673. The van der Waals surface area contributed by atoms with Crippen LogP contribution >= 0.6 is 11.8 Å². The summed E-state index contributed by atoms with van der Waals surface area (Å²) in [5, 5.41) is 5.84. The van der Waals surface area contributed by atoms with E-state index in [2.05, 4.69) is 24.5 Å². The molecule has 1 aromatic heterocycles. The van der Waals surface area contributed by atoms with Crippen LogP contribution in [-0.4, -0.2) is 23.1 Å². The summed E-state index contributed by atoms with van der Waals surface area (Å²) in [6.45, 7) is 0. The zero-order chi connectivity index (χ0) is 14.7. The first-order valence-electron chi connectivity index (χ1n) is 6.65. The molecule has 3 aromatic rings. The van der Waals surface area contributed by atoms with Crippen LogP contribution in [0.5, 0.6) is 5.75 Å². The van der Waals surface area contributed by atoms with Crippen molar-refractivity contribution in [3.63, 3.8) is 0 Å². The zero-order valence-corrected chi connectivity index (χ0v) is 12.8. The first kappa shape index (κ1) is 13.8. The predicted octanol–water partition coefficient (Wildman–Crippen LogP) is 4.27. The monoisotopic (exact) mass is 296 g/mol. The van der Waals surface area contributed by atoms with E-state index in [0.29, 0.717) is 0 Å². The molecule has 1 heterocycles. The summed E-state index contributed by atoms with van der Waals surface area (Å²) in [4.78, 5) is 0. The highest BCUT2D eigenvalue weighted by Crippen LogP contribution is 2.27. The van der Waals surface area contributed by atoms with Crippen molar-refractivity contribution in [2.45, 2.75) is 5.03 Å². The summed E-state index contributed by atoms with van der Waals surface area (Å²) in [5.74, 6) is 0.847. The molecule has 2 aromatic carbocycles. The predicted molar refractivity (Wildman–Crippen MR) is 87.3 cm³/mol. The number of hydrogen-bond acceptors (Lipinski definition) is 3. The first-order valence-corrected chi connectivity index (χ1v) is 7.88. The van der Waals surface area contributed by atoms with Crippen LogP contribution in [0.3, 0.4) is 0 Å². The summed E-state index contributed by atoms with van der Waals surface area (Å²) < 4.78 is 7.17. The number of nitrogens with zero attached hydrogens (tertiary/aromatic N) is 2. The standard InChI is InChI=1S/C17H16N2OS/c1-20-15-10-8-14(9-11-15)19-17(21-2)12-16(18-19)13-6-4-3-5-7-13/h3-12H,1-2H3. The second kappa shape index (κ2) is 6.06. The van der Waals surface area contributed by atoms with Crippen molar-refractivity contribution in [2.75, 3.05) is 13.4 Å². The van der Waals surface area contributed by atoms with Crippen molar-refractivity contribution in [1.29, 1.82) is 0 Å². The Bertz CT molecular complexity index is 720. The largest absolute Gasteiger partial charge is 0.497 e. The van der Waals surface area contributed by atoms with Crippen LogP contribution in [0, 0.1) is 0 Å². The summed E-state index contributed by atoms with van der Waals surface area (Å²) in [5.41, 5.74) is 3.14. The van der Waals surface area contributed by atoms with Gasteiger partial charge in [0.1, 0.15) is 10.8 Å². The minimum Gasteiger partial charge on any atom is -0.497 e. The van der Waals surface area contributed by atoms with Gasteiger partial charge in [0.25, 0.3) is 0 Å². The summed E-state index contributed by atoms with van der Waals surface area (Å²) in [6.07, 6.45) is 2.06. The third-order valence-electron chi connectivity index (χ3n) is 3.27. The van der Waals surface area contributed by atoms with Gasteiger partial charge in [-0.15, -0.1) is 11.8 Å². The molecule has 0 saturated heterocycles. The molecule has 106 valence electrons. The highest BCUT2D eigenvalue weighted by atomic mass is 32.2. The lowest BCUT2D eigenvalue weighted by atomic mass is 10.2. The van der Waals surface area contributed by atoms with E-state index in [1.165, 1.54) is 0 Å². The number of aromatic nitrogens is 2. The second-order valence-electron chi connectivity index (χ2n) is 4.55. The molecule has 0 N–H and O–H groups in total. The number of hydrogen-bond donors (Lipinski definition) is 0. The molecule has 3 rings (SSSR count). The SMILES string of the molecule is COc1ccc(-n2nc(-c3ccccc3)cc2SC)cc1. The van der Waals surface area contributed by atoms with Crippen molar-refractivity contribution < 1.29 is 4.74 Å². The van der Waals surface area contributed by atoms with E-state index >= 15 is 0 Å². The maximum Gasteiger partial charge on any atom is 0.119 e. The Labute approximate surface area is 128 Å². The Morgan fingerprint density at radius 2 is 1.71 bits per heavy atom. The second-order valence-corrected chi connectivity index (χ2v) is 5.37. The van der Waals surface area contributed by atoms with Gasteiger partial charge in [0, 0.05) is 5.56 Å². The fourth-order valence-corrected chi connectivity index (χ4v) is 2.72. The lowest BCUT2D eigenvalue weighted by Gasteiger charge is -2.06. The molecule has 21 heavy (non-hydrogen) atoms. The van der Waals surface area contributed by atoms with E-state index < -0.39 is 0 Å². The fourth-order valence-electron chi connectivity index (χ4n) is 2.17. The lowest BCUT2D eigenvalue weighted by Crippen LogP contribution is -1.98. The molecule has 0 aliphatic carbocycles. The third kappa shape index (κ3) is 2.81. The highest BCUT2D eigenvalue weighted by Gasteiger charge is 2.10. The van der Waals surface area contributed by atoms with E-state index in [-0.39, 0.29) is 0 Å². The van der Waals surface area contributed by atoms with Crippen molar-refractivity contribution in [3.8, 4) is 22.7 Å². The Morgan fingerprint density at radius 1 is 1.00 bits per heavy atom. The van der Waals surface area contributed by atoms with Crippen LogP contribution < -0.4 is 4.74 Å². The summed E-state index contributed by atoms with van der Waals surface area (Å²) in [6, 6.07) is 20.3. The minimum atomic E-state index is 0.847. The van der Waals surface area contributed by atoms with Gasteiger partial charge in [-0.1, -0.05) is 30.3 Å². The van der Waals surface area contributed by atoms with E-state index in [4.69, 9.17) is 9.84 Å². The molecule has 0 fully saturated rings. The van der Waals surface area contributed by atoms with Crippen LogP contribution in [0.25, 0.3) is 16.9 Å². The number of methoxy groups -OCH3 is 1.